The van der Waals surface area contributed by atoms with E-state index in [1.54, 1.807) is 0 Å². The van der Waals surface area contributed by atoms with Gasteiger partial charge < -0.3 is 14.2 Å². The summed E-state index contributed by atoms with van der Waals surface area (Å²) in [6.45, 7) is 6.49. The second kappa shape index (κ2) is 61.9. The van der Waals surface area contributed by atoms with Gasteiger partial charge in [0.25, 0.3) is 0 Å². The quantitative estimate of drug-likeness (QED) is 0.0199. The third kappa shape index (κ3) is 59.2. The second-order valence-electron chi connectivity index (χ2n) is 20.8. The minimum Gasteiger partial charge on any atom is -0.462 e. The largest absolute Gasteiger partial charge is 0.462 e. The molecule has 6 heteroatoms. The van der Waals surface area contributed by atoms with Crippen molar-refractivity contribution >= 4 is 17.9 Å². The fourth-order valence-corrected chi connectivity index (χ4v) is 8.83. The van der Waals surface area contributed by atoms with Gasteiger partial charge in [-0.2, -0.15) is 0 Å². The smallest absolute Gasteiger partial charge is 0.306 e. The molecule has 0 rings (SSSR count). The molecule has 1 atom stereocenters. The van der Waals surface area contributed by atoms with Gasteiger partial charge in [0.05, 0.1) is 0 Å². The maximum atomic E-state index is 12.9. The summed E-state index contributed by atoms with van der Waals surface area (Å²) in [5.74, 6) is -0.932. The summed E-state index contributed by atoms with van der Waals surface area (Å²) >= 11 is 0. The first-order valence-electron chi connectivity index (χ1n) is 31.3. The van der Waals surface area contributed by atoms with Crippen molar-refractivity contribution in [3.8, 4) is 0 Å². The van der Waals surface area contributed by atoms with Gasteiger partial charge in [0.1, 0.15) is 13.2 Å². The third-order valence-corrected chi connectivity index (χ3v) is 13.5. The lowest BCUT2D eigenvalue weighted by Gasteiger charge is -2.18. The normalized spacial score (nSPS) is 12.7. The minimum absolute atomic E-state index is 0.0921. The zero-order chi connectivity index (χ0) is 53.6. The average molecular weight is 1030 g/mol. The van der Waals surface area contributed by atoms with Gasteiger partial charge in [0, 0.05) is 19.3 Å². The number of esters is 3. The lowest BCUT2D eigenvalue weighted by Crippen LogP contribution is -2.30. The SMILES string of the molecule is CC\C=C/C=C\C=C/C=C\C=C\C=C/C=C\CCCCCC(=O)OCC(COC(=O)CCCCCCCCCCCCCCCCCCCC)OC(=O)CCCCCCCCC/C=C\CCCCCCCCCC. The van der Waals surface area contributed by atoms with Crippen molar-refractivity contribution in [3.63, 3.8) is 0 Å². The Balaban J connectivity index is 4.47. The molecule has 0 fully saturated rings. The topological polar surface area (TPSA) is 78.9 Å². The van der Waals surface area contributed by atoms with Crippen molar-refractivity contribution in [2.75, 3.05) is 13.2 Å². The van der Waals surface area contributed by atoms with Gasteiger partial charge in [0.15, 0.2) is 6.10 Å². The molecule has 0 aromatic carbocycles. The van der Waals surface area contributed by atoms with Crippen LogP contribution in [0.3, 0.4) is 0 Å². The van der Waals surface area contributed by atoms with E-state index < -0.39 is 6.10 Å². The molecule has 0 aromatic rings. The fraction of sp³-hybridized carbons (Fsp3) is 0.721. The summed E-state index contributed by atoms with van der Waals surface area (Å²) < 4.78 is 16.9. The van der Waals surface area contributed by atoms with Gasteiger partial charge in [-0.15, -0.1) is 0 Å². The van der Waals surface area contributed by atoms with Gasteiger partial charge in [-0.25, -0.2) is 0 Å². The van der Waals surface area contributed by atoms with E-state index in [9.17, 15) is 14.4 Å². The molecule has 0 aromatic heterocycles. The van der Waals surface area contributed by atoms with E-state index in [2.05, 4.69) is 51.2 Å². The van der Waals surface area contributed by atoms with Gasteiger partial charge >= 0.3 is 17.9 Å². The van der Waals surface area contributed by atoms with Crippen molar-refractivity contribution < 1.29 is 28.6 Å². The molecule has 0 saturated heterocycles. The lowest BCUT2D eigenvalue weighted by atomic mass is 10.0. The minimum atomic E-state index is -0.800. The summed E-state index contributed by atoms with van der Waals surface area (Å²) in [6, 6.07) is 0. The molecule has 0 aliphatic carbocycles. The molecule has 0 saturated carbocycles. The van der Waals surface area contributed by atoms with E-state index in [1.165, 1.54) is 186 Å². The molecule has 0 bridgehead atoms. The highest BCUT2D eigenvalue weighted by molar-refractivity contribution is 5.71. The van der Waals surface area contributed by atoms with E-state index in [0.717, 1.165) is 70.6 Å². The Bertz CT molecular complexity index is 1460. The molecule has 0 spiro atoms. The standard InChI is InChI=1S/C68H116O6/c1-4-7-10-13-16-19-22-25-28-31-34-37-40-43-46-49-52-55-58-61-67(70)73-64-65(63-72-66(69)60-57-54-51-48-45-42-39-36-33-30-27-24-21-18-15-12-9-6-3)74-68(71)62-59-56-53-50-47-44-41-38-35-32-29-26-23-20-17-14-11-8-5-2/h7,10,13,16,19,22,25,28,31-32,34-35,37,40,43,46,65H,4-6,8-9,11-12,14-15,17-18,20-21,23-24,26-27,29-30,33,36,38-39,41-42,44-45,47-64H2,1-3H3/b10-7-,16-13-,22-19-,28-25-,34-31+,35-32-,40-37-,46-43-. The Morgan fingerprint density at radius 2 is 0.541 bits per heavy atom. The van der Waals surface area contributed by atoms with E-state index >= 15 is 0 Å². The van der Waals surface area contributed by atoms with Gasteiger partial charge in [-0.3, -0.25) is 14.4 Å². The Morgan fingerprint density at radius 3 is 0.878 bits per heavy atom. The molecule has 74 heavy (non-hydrogen) atoms. The summed E-state index contributed by atoms with van der Waals surface area (Å²) in [5.41, 5.74) is 0. The van der Waals surface area contributed by atoms with Gasteiger partial charge in [-0.1, -0.05) is 311 Å². The highest BCUT2D eigenvalue weighted by atomic mass is 16.6. The van der Waals surface area contributed by atoms with E-state index in [0.29, 0.717) is 19.3 Å². The zero-order valence-corrected chi connectivity index (χ0v) is 48.6. The highest BCUT2D eigenvalue weighted by Gasteiger charge is 2.19. The van der Waals surface area contributed by atoms with Crippen LogP contribution in [-0.4, -0.2) is 37.2 Å². The molecule has 1 unspecified atom stereocenters. The number of carbonyl (C=O) groups excluding carboxylic acids is 3. The molecule has 0 amide bonds. The molecule has 0 aliphatic heterocycles. The monoisotopic (exact) mass is 1030 g/mol. The first kappa shape index (κ1) is 70.3. The van der Waals surface area contributed by atoms with Crippen LogP contribution in [0.4, 0.5) is 0 Å². The Morgan fingerprint density at radius 1 is 0.284 bits per heavy atom. The van der Waals surface area contributed by atoms with Gasteiger partial charge in [-0.05, 0) is 64.2 Å². The van der Waals surface area contributed by atoms with Crippen LogP contribution in [-0.2, 0) is 28.6 Å². The third-order valence-electron chi connectivity index (χ3n) is 13.5. The lowest BCUT2D eigenvalue weighted by molar-refractivity contribution is -0.167. The van der Waals surface area contributed by atoms with Crippen LogP contribution in [0.15, 0.2) is 97.2 Å². The van der Waals surface area contributed by atoms with Crippen LogP contribution >= 0.6 is 0 Å². The molecular weight excluding hydrogens is 913 g/mol. The second-order valence-corrected chi connectivity index (χ2v) is 20.8. The number of rotatable bonds is 56. The van der Waals surface area contributed by atoms with Crippen LogP contribution in [0, 0.1) is 0 Å². The van der Waals surface area contributed by atoms with Crippen molar-refractivity contribution in [1.82, 2.24) is 0 Å². The Kier molecular flexibility index (Phi) is 58.8. The van der Waals surface area contributed by atoms with Crippen molar-refractivity contribution in [2.24, 2.45) is 0 Å². The van der Waals surface area contributed by atoms with Crippen molar-refractivity contribution in [1.29, 1.82) is 0 Å². The molecule has 0 heterocycles. The molecule has 0 N–H and O–H groups in total. The van der Waals surface area contributed by atoms with Crippen LogP contribution in [0.2, 0.25) is 0 Å². The number of allylic oxidation sites excluding steroid dienone is 16. The first-order chi connectivity index (χ1) is 36.5. The fourth-order valence-electron chi connectivity index (χ4n) is 8.83. The summed E-state index contributed by atoms with van der Waals surface area (Å²) in [6.07, 6.45) is 82.6. The number of ether oxygens (including phenoxy) is 3. The zero-order valence-electron chi connectivity index (χ0n) is 48.6. The van der Waals surface area contributed by atoms with E-state index in [4.69, 9.17) is 14.2 Å². The van der Waals surface area contributed by atoms with E-state index in [1.807, 2.05) is 66.8 Å². The first-order valence-corrected chi connectivity index (χ1v) is 31.3. The van der Waals surface area contributed by atoms with Crippen molar-refractivity contribution in [3.05, 3.63) is 97.2 Å². The summed E-state index contributed by atoms with van der Waals surface area (Å²) in [4.78, 5) is 38.3. The van der Waals surface area contributed by atoms with Crippen molar-refractivity contribution in [2.45, 2.75) is 303 Å². The Labute approximate surface area is 457 Å². The highest BCUT2D eigenvalue weighted by Crippen LogP contribution is 2.17. The predicted molar refractivity (Wildman–Crippen MR) is 320 cm³/mol. The Hall–Kier alpha value is -3.67. The van der Waals surface area contributed by atoms with Gasteiger partial charge in [0.2, 0.25) is 0 Å². The number of unbranched alkanes of at least 4 members (excludes halogenated alkanes) is 35. The summed E-state index contributed by atoms with van der Waals surface area (Å²) in [5, 5.41) is 0. The number of hydrogen-bond donors (Lipinski definition) is 0. The molecule has 6 nitrogen and oxygen atoms in total. The maximum absolute atomic E-state index is 12.9. The van der Waals surface area contributed by atoms with E-state index in [-0.39, 0.29) is 31.1 Å². The van der Waals surface area contributed by atoms with Crippen LogP contribution in [0.25, 0.3) is 0 Å². The molecular formula is C68H116O6. The van der Waals surface area contributed by atoms with Crippen LogP contribution in [0.1, 0.15) is 297 Å². The number of hydrogen-bond acceptors (Lipinski definition) is 6. The number of carbonyl (C=O) groups is 3. The van der Waals surface area contributed by atoms with Crippen LogP contribution in [0.5, 0.6) is 0 Å². The predicted octanol–water partition coefficient (Wildman–Crippen LogP) is 21.3. The molecule has 0 aliphatic rings. The average Bonchev–Trinajstić information content (AvgIpc) is 3.40. The molecule has 424 valence electrons. The maximum Gasteiger partial charge on any atom is 0.306 e. The summed E-state index contributed by atoms with van der Waals surface area (Å²) in [7, 11) is 0. The van der Waals surface area contributed by atoms with Crippen LogP contribution < -0.4 is 0 Å². The molecule has 0 radical (unpaired) electrons.